The van der Waals surface area contributed by atoms with Crippen LogP contribution >= 0.6 is 0 Å². The minimum absolute atomic E-state index is 0. The fraction of sp³-hybridized carbons (Fsp3) is 0.100. The van der Waals surface area contributed by atoms with Gasteiger partial charge in [-0.25, -0.2) is 0 Å². The second-order valence-electron chi connectivity index (χ2n) is 8.25. The number of hydrogen-bond acceptors (Lipinski definition) is 0. The van der Waals surface area contributed by atoms with Crippen LogP contribution in [-0.4, -0.2) is 0 Å². The molecule has 0 nitrogen and oxygen atoms in total. The fourth-order valence-electron chi connectivity index (χ4n) is 4.26. The summed E-state index contributed by atoms with van der Waals surface area (Å²) >= 11 is 0. The molecule has 0 aliphatic rings. The predicted octanol–water partition coefficient (Wildman–Crippen LogP) is 2.11. The number of hydrogen-bond donors (Lipinski definition) is 0. The van der Waals surface area contributed by atoms with Gasteiger partial charge in [0.25, 0.3) is 0 Å². The Bertz CT molecular complexity index is 1220. The number of rotatable bonds is 4. The molecule has 0 fully saturated rings. The van der Waals surface area contributed by atoms with Crippen molar-refractivity contribution in [2.75, 3.05) is 0 Å². The van der Waals surface area contributed by atoms with Crippen LogP contribution in [0.4, 0.5) is 0 Å². The number of aryl methyl sites for hydroxylation is 2. The van der Waals surface area contributed by atoms with Crippen LogP contribution < -0.4 is 24.8 Å². The maximum atomic E-state index is 2.38. The van der Waals surface area contributed by atoms with E-state index in [1.807, 2.05) is 0 Å². The first kappa shape index (κ1) is 27.2. The van der Waals surface area contributed by atoms with Crippen LogP contribution in [0.5, 0.6) is 0 Å². The molecule has 1 radical (unpaired) electrons. The first-order chi connectivity index (χ1) is 14.7. The summed E-state index contributed by atoms with van der Waals surface area (Å²) in [4.78, 5) is 0. The molecular formula is C30H25Cl2Zr. The van der Waals surface area contributed by atoms with Gasteiger partial charge in [-0.2, -0.15) is 6.07 Å². The van der Waals surface area contributed by atoms with E-state index in [0.29, 0.717) is 0 Å². The second-order valence-corrected chi connectivity index (χ2v) is 8.25. The molecule has 0 saturated heterocycles. The van der Waals surface area contributed by atoms with Gasteiger partial charge in [0.2, 0.25) is 0 Å². The average molecular weight is 548 g/mol. The molecule has 163 valence electrons. The Kier molecular flexibility index (Phi) is 9.80. The van der Waals surface area contributed by atoms with Crippen molar-refractivity contribution in [2.45, 2.75) is 20.3 Å². The summed E-state index contributed by atoms with van der Waals surface area (Å²) in [6.07, 6.45) is 0.955. The van der Waals surface area contributed by atoms with E-state index in [0.717, 1.165) is 6.42 Å². The quantitative estimate of drug-likeness (QED) is 0.303. The van der Waals surface area contributed by atoms with Crippen molar-refractivity contribution >= 4 is 10.8 Å². The number of benzene rings is 4. The van der Waals surface area contributed by atoms with Crippen molar-refractivity contribution < 1.29 is 51.0 Å². The monoisotopic (exact) mass is 545 g/mol. The molecule has 0 spiro atoms. The molecule has 3 heteroatoms. The van der Waals surface area contributed by atoms with E-state index in [-0.39, 0.29) is 51.0 Å². The SMILES string of the molecule is Cc1ccc(-c2ccc(-c3ccc(C)cc3)c3[cH-]c(Cc4ccccc4)cc23)cc1.[Cl-].[Cl-].[Zr+3]. The molecule has 33 heavy (non-hydrogen) atoms. The summed E-state index contributed by atoms with van der Waals surface area (Å²) < 4.78 is 0. The number of fused-ring (bicyclic) bond motifs is 1. The molecule has 0 aliphatic carbocycles. The van der Waals surface area contributed by atoms with Gasteiger partial charge in [0, 0.05) is 0 Å². The molecule has 0 saturated carbocycles. The van der Waals surface area contributed by atoms with E-state index in [9.17, 15) is 0 Å². The average Bonchev–Trinajstić information content (AvgIpc) is 3.19. The van der Waals surface area contributed by atoms with Gasteiger partial charge in [-0.15, -0.1) is 22.4 Å². The van der Waals surface area contributed by atoms with Gasteiger partial charge < -0.3 is 24.8 Å². The van der Waals surface area contributed by atoms with E-state index >= 15 is 0 Å². The summed E-state index contributed by atoms with van der Waals surface area (Å²) in [7, 11) is 0. The second kappa shape index (κ2) is 11.9. The van der Waals surface area contributed by atoms with Crippen LogP contribution in [0.25, 0.3) is 33.0 Å². The van der Waals surface area contributed by atoms with Crippen LogP contribution in [0.2, 0.25) is 0 Å². The van der Waals surface area contributed by atoms with Crippen LogP contribution in [0, 0.1) is 13.8 Å². The van der Waals surface area contributed by atoms with Crippen molar-refractivity contribution in [3.63, 3.8) is 0 Å². The van der Waals surface area contributed by atoms with E-state index in [4.69, 9.17) is 0 Å². The van der Waals surface area contributed by atoms with Crippen molar-refractivity contribution in [3.8, 4) is 22.3 Å². The summed E-state index contributed by atoms with van der Waals surface area (Å²) in [6.45, 7) is 4.28. The molecule has 0 amide bonds. The molecule has 5 aromatic rings. The summed E-state index contributed by atoms with van der Waals surface area (Å²) in [5.41, 5.74) is 10.5. The third-order valence-electron chi connectivity index (χ3n) is 5.92. The Morgan fingerprint density at radius 3 is 1.70 bits per heavy atom. The van der Waals surface area contributed by atoms with E-state index < -0.39 is 0 Å². The van der Waals surface area contributed by atoms with Gasteiger partial charge in [-0.3, -0.25) is 0 Å². The predicted molar refractivity (Wildman–Crippen MR) is 129 cm³/mol. The van der Waals surface area contributed by atoms with Crippen LogP contribution in [0.1, 0.15) is 22.3 Å². The molecule has 5 aromatic carbocycles. The molecule has 0 unspecified atom stereocenters. The normalized spacial score (nSPS) is 10.1. The maximum absolute atomic E-state index is 2.38. The Labute approximate surface area is 228 Å². The minimum atomic E-state index is 0. The van der Waals surface area contributed by atoms with Gasteiger partial charge in [0.15, 0.2) is 0 Å². The molecule has 0 heterocycles. The maximum Gasteiger partial charge on any atom is 3.00 e. The van der Waals surface area contributed by atoms with Crippen LogP contribution in [-0.2, 0) is 32.6 Å². The first-order valence-corrected chi connectivity index (χ1v) is 10.6. The van der Waals surface area contributed by atoms with Crippen molar-refractivity contribution in [2.24, 2.45) is 0 Å². The molecule has 0 N–H and O–H groups in total. The summed E-state index contributed by atoms with van der Waals surface area (Å²) in [6, 6.07) is 37.8. The van der Waals surface area contributed by atoms with Gasteiger partial charge in [-0.05, 0) is 31.4 Å². The fourth-order valence-corrected chi connectivity index (χ4v) is 4.26. The third-order valence-corrected chi connectivity index (χ3v) is 5.92. The Balaban J connectivity index is 0.00000128. The smallest absolute Gasteiger partial charge is 1.00 e. The third kappa shape index (κ3) is 5.91. The largest absolute Gasteiger partial charge is 3.00 e. The zero-order valence-corrected chi connectivity index (χ0v) is 22.7. The Hall–Kier alpha value is -2.05. The summed E-state index contributed by atoms with van der Waals surface area (Å²) in [5, 5.41) is 2.67. The van der Waals surface area contributed by atoms with Crippen molar-refractivity contribution in [3.05, 3.63) is 125 Å². The zero-order chi connectivity index (χ0) is 20.5. The Morgan fingerprint density at radius 2 is 1.12 bits per heavy atom. The molecule has 0 aromatic heterocycles. The van der Waals surface area contributed by atoms with Gasteiger partial charge in [0.05, 0.1) is 0 Å². The minimum Gasteiger partial charge on any atom is -1.00 e. The molecule has 0 bridgehead atoms. The van der Waals surface area contributed by atoms with E-state index in [2.05, 4.69) is 117 Å². The molecule has 0 aliphatic heterocycles. The topological polar surface area (TPSA) is 0 Å². The Morgan fingerprint density at radius 1 is 0.606 bits per heavy atom. The van der Waals surface area contributed by atoms with Crippen LogP contribution in [0.15, 0.2) is 103 Å². The standard InChI is InChI=1S/C30H25.2ClH.Zr/c1-21-8-12-25(13-9-21)27-16-17-28(26-14-10-22(2)11-15-26)30-20-24(19-29(27)30)18-23-6-4-3-5-7-23;;;/h3-17,19-20H,18H2,1-2H3;2*1H;/q-1;;;+3/p-2. The van der Waals surface area contributed by atoms with Gasteiger partial charge in [0.1, 0.15) is 0 Å². The molecule has 0 atom stereocenters. The van der Waals surface area contributed by atoms with Crippen molar-refractivity contribution in [1.29, 1.82) is 0 Å². The van der Waals surface area contributed by atoms with Crippen LogP contribution in [0.3, 0.4) is 0 Å². The zero-order valence-electron chi connectivity index (χ0n) is 18.8. The molecule has 5 rings (SSSR count). The molecular weight excluding hydrogens is 522 g/mol. The number of halogens is 2. The van der Waals surface area contributed by atoms with Gasteiger partial charge >= 0.3 is 26.2 Å². The van der Waals surface area contributed by atoms with Gasteiger partial charge in [-0.1, -0.05) is 119 Å². The summed E-state index contributed by atoms with van der Waals surface area (Å²) in [5.74, 6) is 0. The van der Waals surface area contributed by atoms with E-state index in [1.54, 1.807) is 0 Å². The van der Waals surface area contributed by atoms with Crippen molar-refractivity contribution in [1.82, 2.24) is 0 Å². The first-order valence-electron chi connectivity index (χ1n) is 10.6. The van der Waals surface area contributed by atoms with E-state index in [1.165, 1.54) is 55.3 Å².